The van der Waals surface area contributed by atoms with Crippen LogP contribution in [0.3, 0.4) is 0 Å². The predicted molar refractivity (Wildman–Crippen MR) is 110 cm³/mol. The molecule has 2 aliphatic rings. The summed E-state index contributed by atoms with van der Waals surface area (Å²) < 4.78 is 11.6. The Hall–Kier alpha value is -2.84. The summed E-state index contributed by atoms with van der Waals surface area (Å²) in [4.78, 5) is 15.1. The molecule has 1 heterocycles. The predicted octanol–water partition coefficient (Wildman–Crippen LogP) is 4.35. The molecule has 1 spiro atoms. The van der Waals surface area contributed by atoms with E-state index in [-0.39, 0.29) is 11.4 Å². The Morgan fingerprint density at radius 2 is 1.93 bits per heavy atom. The maximum atomic E-state index is 12.8. The molecule has 5 nitrogen and oxygen atoms in total. The zero-order valence-electron chi connectivity index (χ0n) is 17.0. The Balaban J connectivity index is 1.39. The van der Waals surface area contributed by atoms with E-state index in [2.05, 4.69) is 18.0 Å². The van der Waals surface area contributed by atoms with E-state index in [0.717, 1.165) is 32.2 Å². The first kappa shape index (κ1) is 19.5. The van der Waals surface area contributed by atoms with E-state index < -0.39 is 0 Å². The van der Waals surface area contributed by atoms with Crippen LogP contribution < -0.4 is 9.47 Å². The third kappa shape index (κ3) is 3.99. The minimum atomic E-state index is -0.371. The van der Waals surface area contributed by atoms with Gasteiger partial charge in [-0.3, -0.25) is 9.69 Å². The number of Topliss-reactive ketones (excluding diaryl/α,β-unsaturated/α-hetero) is 1. The molecule has 0 N–H and O–H groups in total. The summed E-state index contributed by atoms with van der Waals surface area (Å²) in [7, 11) is 3.75. The number of fused-ring (bicyclic) bond motifs is 1. The Bertz CT molecular complexity index is 938. The molecule has 0 saturated heterocycles. The quantitative estimate of drug-likeness (QED) is 0.777. The first-order valence-corrected chi connectivity index (χ1v) is 10.1. The van der Waals surface area contributed by atoms with Gasteiger partial charge in [0.2, 0.25) is 0 Å². The molecule has 0 bridgehead atoms. The maximum Gasteiger partial charge on any atom is 0.170 e. The van der Waals surface area contributed by atoms with Gasteiger partial charge in [0.05, 0.1) is 30.7 Å². The summed E-state index contributed by atoms with van der Waals surface area (Å²) >= 11 is 0. The molecule has 29 heavy (non-hydrogen) atoms. The van der Waals surface area contributed by atoms with Crippen molar-refractivity contribution in [2.75, 3.05) is 14.2 Å². The molecule has 0 unspecified atom stereocenters. The highest BCUT2D eigenvalue weighted by atomic mass is 16.5. The van der Waals surface area contributed by atoms with Crippen LogP contribution in [0.2, 0.25) is 0 Å². The van der Waals surface area contributed by atoms with Crippen LogP contribution in [0.5, 0.6) is 11.5 Å². The van der Waals surface area contributed by atoms with E-state index in [9.17, 15) is 4.79 Å². The summed E-state index contributed by atoms with van der Waals surface area (Å²) in [6, 6.07) is 15.9. The molecule has 1 aliphatic carbocycles. The third-order valence-electron chi connectivity index (χ3n) is 6.30. The van der Waals surface area contributed by atoms with Gasteiger partial charge < -0.3 is 9.47 Å². The largest absolute Gasteiger partial charge is 0.497 e. The van der Waals surface area contributed by atoms with Crippen molar-refractivity contribution in [3.05, 3.63) is 59.2 Å². The standard InChI is InChI=1S/C24H26N2O3/c1-26(16-18-5-3-17(15-25)4-6-18)19-9-11-24(12-10-19)14-22(27)21-13-20(28-2)7-8-23(21)29-24/h3-8,13,19H,9-12,14,16H2,1-2H3. The van der Waals surface area contributed by atoms with Crippen molar-refractivity contribution in [2.24, 2.45) is 0 Å². The lowest BCUT2D eigenvalue weighted by Gasteiger charge is -2.44. The number of carbonyl (C=O) groups excluding carboxylic acids is 1. The second-order valence-corrected chi connectivity index (χ2v) is 8.20. The molecule has 5 heteroatoms. The van der Waals surface area contributed by atoms with Crippen LogP contribution in [0.4, 0.5) is 0 Å². The van der Waals surface area contributed by atoms with Gasteiger partial charge in [-0.1, -0.05) is 12.1 Å². The number of rotatable bonds is 4. The summed E-state index contributed by atoms with van der Waals surface area (Å²) in [5.41, 5.74) is 2.16. The van der Waals surface area contributed by atoms with Gasteiger partial charge in [0.15, 0.2) is 5.78 Å². The van der Waals surface area contributed by atoms with Crippen LogP contribution in [0.25, 0.3) is 0 Å². The highest BCUT2D eigenvalue weighted by Crippen LogP contribution is 2.43. The fraction of sp³-hybridized carbons (Fsp3) is 0.417. The normalized spacial score (nSPS) is 23.4. The first-order valence-electron chi connectivity index (χ1n) is 10.1. The van der Waals surface area contributed by atoms with Crippen molar-refractivity contribution in [2.45, 2.75) is 50.3 Å². The van der Waals surface area contributed by atoms with Crippen molar-refractivity contribution >= 4 is 5.78 Å². The van der Waals surface area contributed by atoms with Crippen molar-refractivity contribution in [1.29, 1.82) is 5.26 Å². The average Bonchev–Trinajstić information content (AvgIpc) is 2.74. The average molecular weight is 390 g/mol. The number of methoxy groups -OCH3 is 1. The molecule has 0 radical (unpaired) electrons. The molecule has 150 valence electrons. The molecule has 1 fully saturated rings. The van der Waals surface area contributed by atoms with E-state index in [1.807, 2.05) is 36.4 Å². The fourth-order valence-electron chi connectivity index (χ4n) is 4.55. The summed E-state index contributed by atoms with van der Waals surface area (Å²) in [5.74, 6) is 1.52. The smallest absolute Gasteiger partial charge is 0.170 e. The molecule has 4 rings (SSSR count). The molecule has 0 atom stereocenters. The van der Waals surface area contributed by atoms with Crippen LogP contribution in [-0.4, -0.2) is 36.5 Å². The van der Waals surface area contributed by atoms with E-state index in [1.54, 1.807) is 13.2 Å². The van der Waals surface area contributed by atoms with E-state index in [0.29, 0.717) is 35.1 Å². The lowest BCUT2D eigenvalue weighted by molar-refractivity contribution is -0.00642. The van der Waals surface area contributed by atoms with Gasteiger partial charge in [-0.15, -0.1) is 0 Å². The van der Waals surface area contributed by atoms with Gasteiger partial charge in [-0.2, -0.15) is 5.26 Å². The van der Waals surface area contributed by atoms with Crippen LogP contribution in [0.1, 0.15) is 53.6 Å². The summed E-state index contributed by atoms with van der Waals surface area (Å²) in [5, 5.41) is 8.94. The van der Waals surface area contributed by atoms with Crippen LogP contribution in [-0.2, 0) is 6.54 Å². The van der Waals surface area contributed by atoms with Crippen LogP contribution >= 0.6 is 0 Å². The van der Waals surface area contributed by atoms with Gasteiger partial charge in [-0.25, -0.2) is 0 Å². The van der Waals surface area contributed by atoms with Crippen molar-refractivity contribution < 1.29 is 14.3 Å². The molecular formula is C24H26N2O3. The SMILES string of the molecule is COc1ccc2c(c1)C(=O)CC1(CCC(N(C)Cc3ccc(C#N)cc3)CC1)O2. The first-order chi connectivity index (χ1) is 14.0. The van der Waals surface area contributed by atoms with Crippen LogP contribution in [0.15, 0.2) is 42.5 Å². The highest BCUT2D eigenvalue weighted by molar-refractivity contribution is 6.00. The number of hydrogen-bond donors (Lipinski definition) is 0. The molecule has 1 saturated carbocycles. The van der Waals surface area contributed by atoms with E-state index in [1.165, 1.54) is 5.56 Å². The number of hydrogen-bond acceptors (Lipinski definition) is 5. The number of nitrogens with zero attached hydrogens (tertiary/aromatic N) is 2. The van der Waals surface area contributed by atoms with Crippen molar-refractivity contribution in [3.63, 3.8) is 0 Å². The minimum Gasteiger partial charge on any atom is -0.497 e. The Labute approximate surface area is 171 Å². The maximum absolute atomic E-state index is 12.8. The zero-order chi connectivity index (χ0) is 20.4. The second-order valence-electron chi connectivity index (χ2n) is 8.20. The number of carbonyl (C=O) groups is 1. The zero-order valence-corrected chi connectivity index (χ0v) is 17.0. The van der Waals surface area contributed by atoms with Gasteiger partial charge in [0.25, 0.3) is 0 Å². The van der Waals surface area contributed by atoms with Gasteiger partial charge >= 0.3 is 0 Å². The number of nitriles is 1. The van der Waals surface area contributed by atoms with Gasteiger partial charge in [-0.05, 0) is 68.6 Å². The Morgan fingerprint density at radius 1 is 1.21 bits per heavy atom. The summed E-state index contributed by atoms with van der Waals surface area (Å²) in [6.07, 6.45) is 4.22. The Kier molecular flexibility index (Phi) is 5.29. The van der Waals surface area contributed by atoms with Gasteiger partial charge in [0.1, 0.15) is 17.1 Å². The third-order valence-corrected chi connectivity index (χ3v) is 6.30. The van der Waals surface area contributed by atoms with E-state index in [4.69, 9.17) is 14.7 Å². The number of benzene rings is 2. The minimum absolute atomic E-state index is 0.148. The van der Waals surface area contributed by atoms with E-state index >= 15 is 0 Å². The second kappa shape index (κ2) is 7.88. The highest BCUT2D eigenvalue weighted by Gasteiger charge is 2.43. The number of ketones is 1. The monoisotopic (exact) mass is 390 g/mol. The molecule has 2 aromatic rings. The molecule has 1 aliphatic heterocycles. The Morgan fingerprint density at radius 3 is 2.59 bits per heavy atom. The molecule has 0 aromatic heterocycles. The lowest BCUT2D eigenvalue weighted by atomic mass is 9.76. The molecule has 2 aromatic carbocycles. The molecule has 0 amide bonds. The number of ether oxygens (including phenoxy) is 2. The summed E-state index contributed by atoms with van der Waals surface area (Å²) in [6.45, 7) is 0.853. The lowest BCUT2D eigenvalue weighted by Crippen LogP contribution is -2.48. The van der Waals surface area contributed by atoms with Crippen molar-refractivity contribution in [1.82, 2.24) is 4.90 Å². The van der Waals surface area contributed by atoms with Crippen LogP contribution in [0, 0.1) is 11.3 Å². The van der Waals surface area contributed by atoms with Crippen molar-refractivity contribution in [3.8, 4) is 17.6 Å². The fourth-order valence-corrected chi connectivity index (χ4v) is 4.55. The topological polar surface area (TPSA) is 62.6 Å². The van der Waals surface area contributed by atoms with Gasteiger partial charge in [0, 0.05) is 12.6 Å². The molecular weight excluding hydrogens is 364 g/mol.